The third kappa shape index (κ3) is 3.64. The predicted octanol–water partition coefficient (Wildman–Crippen LogP) is 1.93. The van der Waals surface area contributed by atoms with Crippen LogP contribution in [0.5, 0.6) is 0 Å². The predicted molar refractivity (Wildman–Crippen MR) is 102 cm³/mol. The summed E-state index contributed by atoms with van der Waals surface area (Å²) in [6, 6.07) is 8.63. The Bertz CT molecular complexity index is 845. The Kier molecular flexibility index (Phi) is 4.78. The monoisotopic (exact) mass is 384 g/mol. The smallest absolute Gasteiger partial charge is 0.352 e. The highest BCUT2D eigenvalue weighted by Gasteiger charge is 2.53. The van der Waals surface area contributed by atoms with Crippen molar-refractivity contribution in [3.8, 4) is 0 Å². The van der Waals surface area contributed by atoms with Crippen molar-refractivity contribution in [3.63, 3.8) is 0 Å². The Hall–Kier alpha value is -2.54. The average molecular weight is 384 g/mol. The molecule has 2 fully saturated rings. The fourth-order valence-electron chi connectivity index (χ4n) is 3.32. The molecular formula is C20H20N2O4S. The van der Waals surface area contributed by atoms with E-state index in [9.17, 15) is 19.5 Å². The first kappa shape index (κ1) is 17.9. The number of carbonyl (C=O) groups excluding carboxylic acids is 2. The van der Waals surface area contributed by atoms with E-state index in [4.69, 9.17) is 0 Å². The van der Waals surface area contributed by atoms with Gasteiger partial charge in [0.15, 0.2) is 0 Å². The summed E-state index contributed by atoms with van der Waals surface area (Å²) in [6.45, 7) is 0. The highest BCUT2D eigenvalue weighted by atomic mass is 32.2. The first-order chi connectivity index (χ1) is 13.0. The van der Waals surface area contributed by atoms with Crippen LogP contribution in [0.3, 0.4) is 0 Å². The van der Waals surface area contributed by atoms with Gasteiger partial charge < -0.3 is 10.4 Å². The summed E-state index contributed by atoms with van der Waals surface area (Å²) in [5, 5.41) is 12.0. The third-order valence-electron chi connectivity index (χ3n) is 4.92. The molecule has 0 spiro atoms. The molecular weight excluding hydrogens is 364 g/mol. The van der Waals surface area contributed by atoms with Gasteiger partial charge in [0.2, 0.25) is 5.91 Å². The van der Waals surface area contributed by atoms with Gasteiger partial charge in [-0.1, -0.05) is 42.5 Å². The van der Waals surface area contributed by atoms with Crippen LogP contribution in [0.2, 0.25) is 0 Å². The van der Waals surface area contributed by atoms with E-state index in [-0.39, 0.29) is 29.3 Å². The van der Waals surface area contributed by atoms with Crippen LogP contribution in [0.4, 0.5) is 0 Å². The van der Waals surface area contributed by atoms with E-state index in [0.717, 1.165) is 18.4 Å². The van der Waals surface area contributed by atoms with Crippen molar-refractivity contribution in [3.05, 3.63) is 59.3 Å². The topological polar surface area (TPSA) is 86.7 Å². The molecule has 2 heterocycles. The number of carboxylic acids is 1. The number of rotatable bonds is 6. The van der Waals surface area contributed by atoms with E-state index in [1.807, 2.05) is 42.5 Å². The van der Waals surface area contributed by atoms with Crippen molar-refractivity contribution in [2.75, 3.05) is 5.75 Å². The SMILES string of the molecule is O=C(Cc1ccccc1)NC1C(=O)N2C(C(=O)O)=C(C=CC3CC3)CS[C@@H]12. The zero-order valence-electron chi connectivity index (χ0n) is 14.6. The molecule has 6 nitrogen and oxygen atoms in total. The molecule has 2 aliphatic heterocycles. The van der Waals surface area contributed by atoms with Crippen LogP contribution in [-0.4, -0.2) is 45.0 Å². The third-order valence-corrected chi connectivity index (χ3v) is 6.22. The summed E-state index contributed by atoms with van der Waals surface area (Å²) in [6.07, 6.45) is 6.35. The van der Waals surface area contributed by atoms with E-state index in [0.29, 0.717) is 17.2 Å². The van der Waals surface area contributed by atoms with Crippen molar-refractivity contribution in [1.82, 2.24) is 10.2 Å². The molecule has 140 valence electrons. The Morgan fingerprint density at radius 1 is 1.26 bits per heavy atom. The number of fused-ring (bicyclic) bond motifs is 1. The van der Waals surface area contributed by atoms with Crippen molar-refractivity contribution < 1.29 is 19.5 Å². The standard InChI is InChI=1S/C20H20N2O4S/c23-15(10-13-4-2-1-3-5-13)21-16-18(24)22-17(20(25)26)14(11-27-19(16)22)9-8-12-6-7-12/h1-5,8-9,12,16,19H,6-7,10-11H2,(H,21,23)(H,25,26)/t16?,19-/m0/s1. The number of β-lactam (4-membered cyclic amide) rings is 1. The summed E-state index contributed by atoms with van der Waals surface area (Å²) in [4.78, 5) is 37.9. The largest absolute Gasteiger partial charge is 0.477 e. The molecule has 0 bridgehead atoms. The number of aliphatic carboxylic acids is 1. The zero-order chi connectivity index (χ0) is 19.0. The lowest BCUT2D eigenvalue weighted by Crippen LogP contribution is -2.70. The lowest BCUT2D eigenvalue weighted by molar-refractivity contribution is -0.150. The van der Waals surface area contributed by atoms with Gasteiger partial charge in [-0.25, -0.2) is 4.79 Å². The van der Waals surface area contributed by atoms with Gasteiger partial charge in [0, 0.05) is 5.75 Å². The quantitative estimate of drug-likeness (QED) is 0.732. The first-order valence-corrected chi connectivity index (χ1v) is 10.0. The van der Waals surface area contributed by atoms with Crippen LogP contribution in [0.15, 0.2) is 53.8 Å². The Morgan fingerprint density at radius 3 is 2.67 bits per heavy atom. The maximum Gasteiger partial charge on any atom is 0.352 e. The Labute approximate surface area is 161 Å². The van der Waals surface area contributed by atoms with Crippen LogP contribution in [0, 0.1) is 5.92 Å². The van der Waals surface area contributed by atoms with Crippen molar-refractivity contribution in [2.24, 2.45) is 5.92 Å². The van der Waals surface area contributed by atoms with Crippen molar-refractivity contribution >= 4 is 29.5 Å². The van der Waals surface area contributed by atoms with Crippen LogP contribution in [-0.2, 0) is 20.8 Å². The number of hydrogen-bond donors (Lipinski definition) is 2. The second-order valence-electron chi connectivity index (χ2n) is 6.99. The summed E-state index contributed by atoms with van der Waals surface area (Å²) in [5.41, 5.74) is 1.58. The molecule has 27 heavy (non-hydrogen) atoms. The second kappa shape index (κ2) is 7.23. The molecule has 1 aromatic rings. The molecule has 2 atom stereocenters. The molecule has 1 aliphatic carbocycles. The lowest BCUT2D eigenvalue weighted by Gasteiger charge is -2.49. The number of hydrogen-bond acceptors (Lipinski definition) is 4. The average Bonchev–Trinajstić information content (AvgIpc) is 3.48. The van der Waals surface area contributed by atoms with Gasteiger partial charge in [0.05, 0.1) is 6.42 Å². The number of amides is 2. The molecule has 0 radical (unpaired) electrons. The van der Waals surface area contributed by atoms with E-state index in [1.54, 1.807) is 0 Å². The number of benzene rings is 1. The van der Waals surface area contributed by atoms with E-state index >= 15 is 0 Å². The van der Waals surface area contributed by atoms with Gasteiger partial charge in [-0.15, -0.1) is 11.8 Å². The van der Waals surface area contributed by atoms with Gasteiger partial charge in [-0.2, -0.15) is 0 Å². The van der Waals surface area contributed by atoms with Crippen molar-refractivity contribution in [1.29, 1.82) is 0 Å². The molecule has 4 rings (SSSR count). The number of carboxylic acid groups (broad SMARTS) is 1. The summed E-state index contributed by atoms with van der Waals surface area (Å²) in [5.74, 6) is -0.640. The molecule has 1 unspecified atom stereocenters. The summed E-state index contributed by atoms with van der Waals surface area (Å²) < 4.78 is 0. The number of thioether (sulfide) groups is 1. The minimum absolute atomic E-state index is 0.0502. The van der Waals surface area contributed by atoms with Gasteiger partial charge in [-0.05, 0) is 29.9 Å². The van der Waals surface area contributed by atoms with Crippen molar-refractivity contribution in [2.45, 2.75) is 30.7 Å². The molecule has 2 amide bonds. The minimum atomic E-state index is -1.10. The fraction of sp³-hybridized carbons (Fsp3) is 0.350. The van der Waals surface area contributed by atoms with Crippen LogP contribution < -0.4 is 5.32 Å². The molecule has 2 N–H and O–H groups in total. The van der Waals surface area contributed by atoms with E-state index in [1.165, 1.54) is 16.7 Å². The fourth-order valence-corrected chi connectivity index (χ4v) is 4.64. The number of carbonyl (C=O) groups is 3. The Morgan fingerprint density at radius 2 is 2.00 bits per heavy atom. The highest BCUT2D eigenvalue weighted by Crippen LogP contribution is 2.41. The molecule has 1 saturated carbocycles. The molecule has 1 saturated heterocycles. The number of nitrogens with zero attached hydrogens (tertiary/aromatic N) is 1. The van der Waals surface area contributed by atoms with E-state index < -0.39 is 12.0 Å². The molecule has 1 aromatic carbocycles. The number of allylic oxidation sites excluding steroid dienone is 2. The van der Waals surface area contributed by atoms with E-state index in [2.05, 4.69) is 5.32 Å². The second-order valence-corrected chi connectivity index (χ2v) is 8.10. The molecule has 3 aliphatic rings. The zero-order valence-corrected chi connectivity index (χ0v) is 15.4. The van der Waals surface area contributed by atoms with Gasteiger partial charge >= 0.3 is 5.97 Å². The number of nitrogens with one attached hydrogen (secondary N) is 1. The molecule has 0 aromatic heterocycles. The van der Waals surface area contributed by atoms with Crippen LogP contribution in [0.1, 0.15) is 18.4 Å². The normalized spacial score (nSPS) is 24.6. The first-order valence-electron chi connectivity index (χ1n) is 8.97. The van der Waals surface area contributed by atoms with Crippen LogP contribution in [0.25, 0.3) is 0 Å². The lowest BCUT2D eigenvalue weighted by atomic mass is 10.0. The summed E-state index contributed by atoms with van der Waals surface area (Å²) >= 11 is 1.49. The summed E-state index contributed by atoms with van der Waals surface area (Å²) in [7, 11) is 0. The van der Waals surface area contributed by atoms with Gasteiger partial charge in [0.25, 0.3) is 5.91 Å². The minimum Gasteiger partial charge on any atom is -0.477 e. The molecule has 7 heteroatoms. The maximum atomic E-state index is 12.6. The maximum absolute atomic E-state index is 12.6. The Balaban J connectivity index is 1.45. The van der Waals surface area contributed by atoms with Gasteiger partial charge in [-0.3, -0.25) is 14.5 Å². The van der Waals surface area contributed by atoms with Crippen LogP contribution >= 0.6 is 11.8 Å². The highest BCUT2D eigenvalue weighted by molar-refractivity contribution is 8.00. The van der Waals surface area contributed by atoms with Gasteiger partial charge in [0.1, 0.15) is 17.1 Å².